The first-order valence-electron chi connectivity index (χ1n) is 5.23. The van der Waals surface area contributed by atoms with Crippen LogP contribution in [-0.4, -0.2) is 45.6 Å². The van der Waals surface area contributed by atoms with Crippen LogP contribution in [0.25, 0.3) is 5.95 Å². The van der Waals surface area contributed by atoms with Crippen molar-refractivity contribution >= 4 is 11.9 Å². The van der Waals surface area contributed by atoms with Crippen LogP contribution in [0.15, 0.2) is 12.4 Å². The fraction of sp³-hybridized carbons (Fsp3) is 0.400. The number of aromatic nitrogens is 5. The minimum Gasteiger partial charge on any atom is -0.357 e. The van der Waals surface area contributed by atoms with Crippen LogP contribution in [0.1, 0.15) is 5.82 Å². The van der Waals surface area contributed by atoms with E-state index in [4.69, 9.17) is 0 Å². The Bertz CT molecular complexity index is 517. The fourth-order valence-electron chi connectivity index (χ4n) is 1.36. The third-order valence-electron chi connectivity index (χ3n) is 2.28. The maximum absolute atomic E-state index is 4.37. The average molecular weight is 233 g/mol. The summed E-state index contributed by atoms with van der Waals surface area (Å²) in [7, 11) is 5.55. The highest BCUT2D eigenvalue weighted by atomic mass is 15.3. The van der Waals surface area contributed by atoms with Crippen molar-refractivity contribution in [2.75, 3.05) is 31.4 Å². The van der Waals surface area contributed by atoms with E-state index in [-0.39, 0.29) is 0 Å². The van der Waals surface area contributed by atoms with Crippen molar-refractivity contribution in [3.05, 3.63) is 18.2 Å². The summed E-state index contributed by atoms with van der Waals surface area (Å²) in [5.41, 5.74) is 0. The Morgan fingerprint density at radius 1 is 1.24 bits per heavy atom. The molecule has 1 N–H and O–H groups in total. The second-order valence-corrected chi connectivity index (χ2v) is 3.75. The molecule has 90 valence electrons. The van der Waals surface area contributed by atoms with Crippen LogP contribution in [0.4, 0.5) is 11.9 Å². The lowest BCUT2D eigenvalue weighted by atomic mass is 10.6. The van der Waals surface area contributed by atoms with Gasteiger partial charge in [-0.2, -0.15) is 15.0 Å². The minimum atomic E-state index is 0.534. The van der Waals surface area contributed by atoms with Gasteiger partial charge in [-0.15, -0.1) is 0 Å². The molecule has 0 aliphatic carbocycles. The molecule has 7 nitrogen and oxygen atoms in total. The molecule has 0 aliphatic rings. The predicted molar refractivity (Wildman–Crippen MR) is 65.6 cm³/mol. The van der Waals surface area contributed by atoms with E-state index in [1.165, 1.54) is 0 Å². The van der Waals surface area contributed by atoms with Crippen molar-refractivity contribution in [2.24, 2.45) is 0 Å². The first kappa shape index (κ1) is 11.3. The Hall–Kier alpha value is -2.18. The highest BCUT2D eigenvalue weighted by Gasteiger charge is 2.10. The largest absolute Gasteiger partial charge is 0.357 e. The molecule has 0 saturated heterocycles. The zero-order chi connectivity index (χ0) is 12.4. The molecule has 17 heavy (non-hydrogen) atoms. The van der Waals surface area contributed by atoms with Crippen LogP contribution in [0.5, 0.6) is 0 Å². The molecule has 2 rings (SSSR count). The second-order valence-electron chi connectivity index (χ2n) is 3.75. The van der Waals surface area contributed by atoms with Gasteiger partial charge in [-0.1, -0.05) is 0 Å². The van der Waals surface area contributed by atoms with Crippen LogP contribution in [0.3, 0.4) is 0 Å². The molecular formula is C10H15N7. The summed E-state index contributed by atoms with van der Waals surface area (Å²) < 4.78 is 1.82. The quantitative estimate of drug-likeness (QED) is 0.831. The summed E-state index contributed by atoms with van der Waals surface area (Å²) in [4.78, 5) is 18.9. The van der Waals surface area contributed by atoms with Gasteiger partial charge in [0.25, 0.3) is 0 Å². The van der Waals surface area contributed by atoms with Crippen LogP contribution < -0.4 is 10.2 Å². The van der Waals surface area contributed by atoms with Gasteiger partial charge in [-0.25, -0.2) is 4.98 Å². The highest BCUT2D eigenvalue weighted by molar-refractivity contribution is 5.38. The number of anilines is 2. The van der Waals surface area contributed by atoms with Gasteiger partial charge in [-0.3, -0.25) is 4.57 Å². The summed E-state index contributed by atoms with van der Waals surface area (Å²) in [6.45, 7) is 1.90. The van der Waals surface area contributed by atoms with Gasteiger partial charge in [0.05, 0.1) is 0 Å². The Balaban J connectivity index is 2.54. The number of hydrogen-bond acceptors (Lipinski definition) is 6. The number of aryl methyl sites for hydroxylation is 1. The van der Waals surface area contributed by atoms with E-state index in [0.717, 1.165) is 5.82 Å². The average Bonchev–Trinajstić information content (AvgIpc) is 2.74. The van der Waals surface area contributed by atoms with Crippen molar-refractivity contribution < 1.29 is 0 Å². The molecule has 7 heteroatoms. The second kappa shape index (κ2) is 4.36. The van der Waals surface area contributed by atoms with Gasteiger partial charge in [-0.05, 0) is 6.92 Å². The molecule has 0 amide bonds. The third kappa shape index (κ3) is 2.17. The van der Waals surface area contributed by atoms with Gasteiger partial charge in [0.1, 0.15) is 5.82 Å². The number of imidazole rings is 1. The Labute approximate surface area is 99.6 Å². The van der Waals surface area contributed by atoms with Crippen molar-refractivity contribution in [1.29, 1.82) is 0 Å². The van der Waals surface area contributed by atoms with E-state index in [1.54, 1.807) is 13.2 Å². The number of rotatable bonds is 3. The number of nitrogens with one attached hydrogen (secondary N) is 1. The molecule has 0 atom stereocenters. The van der Waals surface area contributed by atoms with Crippen LogP contribution in [0.2, 0.25) is 0 Å². The van der Waals surface area contributed by atoms with Crippen molar-refractivity contribution in [1.82, 2.24) is 24.5 Å². The Morgan fingerprint density at radius 3 is 2.53 bits per heavy atom. The third-order valence-corrected chi connectivity index (χ3v) is 2.28. The number of hydrogen-bond donors (Lipinski definition) is 1. The summed E-state index contributed by atoms with van der Waals surface area (Å²) in [5.74, 6) is 2.53. The van der Waals surface area contributed by atoms with Crippen molar-refractivity contribution in [3.8, 4) is 5.95 Å². The van der Waals surface area contributed by atoms with E-state index in [9.17, 15) is 0 Å². The molecule has 0 saturated carbocycles. The molecule has 0 bridgehead atoms. The van der Waals surface area contributed by atoms with Gasteiger partial charge in [0, 0.05) is 33.5 Å². The molecule has 0 radical (unpaired) electrons. The normalized spacial score (nSPS) is 10.4. The van der Waals surface area contributed by atoms with Crippen molar-refractivity contribution in [3.63, 3.8) is 0 Å². The van der Waals surface area contributed by atoms with E-state index in [1.807, 2.05) is 36.7 Å². The topological polar surface area (TPSA) is 71.8 Å². The van der Waals surface area contributed by atoms with E-state index in [2.05, 4.69) is 25.3 Å². The molecule has 2 aromatic heterocycles. The van der Waals surface area contributed by atoms with Crippen molar-refractivity contribution in [2.45, 2.75) is 6.92 Å². The minimum absolute atomic E-state index is 0.534. The molecule has 2 heterocycles. The molecule has 0 aliphatic heterocycles. The van der Waals surface area contributed by atoms with E-state index >= 15 is 0 Å². The molecule has 0 fully saturated rings. The predicted octanol–water partition coefficient (Wildman–Crippen LogP) is 0.473. The summed E-state index contributed by atoms with van der Waals surface area (Å²) in [6, 6.07) is 0. The standard InChI is InChI=1S/C10H15N7/c1-7-12-5-6-17(7)10-14-8(11-2)13-9(15-10)16(3)4/h5-6H,1-4H3,(H,11,13,14,15). The number of nitrogens with zero attached hydrogens (tertiary/aromatic N) is 6. The van der Waals surface area contributed by atoms with Gasteiger partial charge in [0.15, 0.2) is 0 Å². The SMILES string of the molecule is CNc1nc(N(C)C)nc(-n2ccnc2C)n1. The van der Waals surface area contributed by atoms with Crippen LogP contribution >= 0.6 is 0 Å². The molecule has 0 unspecified atom stereocenters. The Kier molecular flexibility index (Phi) is 2.90. The van der Waals surface area contributed by atoms with Gasteiger partial charge < -0.3 is 10.2 Å². The maximum Gasteiger partial charge on any atom is 0.241 e. The zero-order valence-corrected chi connectivity index (χ0v) is 10.3. The van der Waals surface area contributed by atoms with Crippen LogP contribution in [-0.2, 0) is 0 Å². The maximum atomic E-state index is 4.37. The Morgan fingerprint density at radius 2 is 2.00 bits per heavy atom. The monoisotopic (exact) mass is 233 g/mol. The lowest BCUT2D eigenvalue weighted by Crippen LogP contribution is -2.17. The smallest absolute Gasteiger partial charge is 0.241 e. The van der Waals surface area contributed by atoms with Gasteiger partial charge >= 0.3 is 0 Å². The fourth-order valence-corrected chi connectivity index (χ4v) is 1.36. The first-order chi connectivity index (χ1) is 8.11. The molecular weight excluding hydrogens is 218 g/mol. The summed E-state index contributed by atoms with van der Waals surface area (Å²) in [6.07, 6.45) is 3.54. The summed E-state index contributed by atoms with van der Waals surface area (Å²) >= 11 is 0. The van der Waals surface area contributed by atoms with E-state index < -0.39 is 0 Å². The van der Waals surface area contributed by atoms with Gasteiger partial charge in [0.2, 0.25) is 17.8 Å². The molecule has 2 aromatic rings. The van der Waals surface area contributed by atoms with E-state index in [0.29, 0.717) is 17.8 Å². The zero-order valence-electron chi connectivity index (χ0n) is 10.3. The lowest BCUT2D eigenvalue weighted by Gasteiger charge is -2.13. The lowest BCUT2D eigenvalue weighted by molar-refractivity contribution is 0.848. The molecule has 0 aromatic carbocycles. The molecule has 0 spiro atoms. The first-order valence-corrected chi connectivity index (χ1v) is 5.23. The summed E-state index contributed by atoms with van der Waals surface area (Å²) in [5, 5.41) is 2.92. The highest BCUT2D eigenvalue weighted by Crippen LogP contribution is 2.12. The van der Waals surface area contributed by atoms with Crippen LogP contribution in [0, 0.1) is 6.92 Å².